The first-order chi connectivity index (χ1) is 16.1. The second-order valence-corrected chi connectivity index (χ2v) is 7.91. The van der Waals surface area contributed by atoms with Gasteiger partial charge in [-0.1, -0.05) is 24.2 Å². The minimum atomic E-state index is -0.785. The van der Waals surface area contributed by atoms with Crippen LogP contribution in [0, 0.1) is 11.6 Å². The van der Waals surface area contributed by atoms with Crippen molar-refractivity contribution in [1.82, 2.24) is 9.47 Å². The van der Waals surface area contributed by atoms with Gasteiger partial charge in [-0.05, 0) is 49.1 Å². The maximum atomic E-state index is 15.2. The van der Waals surface area contributed by atoms with Crippen molar-refractivity contribution in [3.05, 3.63) is 75.7 Å². The zero-order valence-electron chi connectivity index (χ0n) is 18.8. The average Bonchev–Trinajstić information content (AvgIpc) is 2.79. The molecule has 0 saturated carbocycles. The summed E-state index contributed by atoms with van der Waals surface area (Å²) >= 11 is 6.16. The fraction of sp³-hybridized carbons (Fsp3) is 0.208. The van der Waals surface area contributed by atoms with E-state index in [0.717, 1.165) is 15.6 Å². The second-order valence-electron chi connectivity index (χ2n) is 7.51. The van der Waals surface area contributed by atoms with E-state index >= 15 is 4.39 Å². The summed E-state index contributed by atoms with van der Waals surface area (Å²) in [4.78, 5) is 25.6. The second kappa shape index (κ2) is 10.1. The Kier molecular flexibility index (Phi) is 7.48. The number of aliphatic hydroxyl groups is 1. The van der Waals surface area contributed by atoms with E-state index in [1.54, 1.807) is 13.8 Å². The van der Waals surface area contributed by atoms with Gasteiger partial charge in [0.1, 0.15) is 23.9 Å². The molecule has 0 bridgehead atoms. The molecule has 0 saturated heterocycles. The molecule has 0 aliphatic carbocycles. The number of nitrogens with zero attached hydrogens (tertiary/aromatic N) is 4. The largest absolute Gasteiger partial charge is 0.388 e. The fourth-order valence-electron chi connectivity index (χ4n) is 3.55. The summed E-state index contributed by atoms with van der Waals surface area (Å²) in [6.07, 6.45) is 1.92. The number of amidine groups is 1. The van der Waals surface area contributed by atoms with Crippen LogP contribution in [0.2, 0.25) is 5.02 Å². The number of carbonyl (C=O) groups is 1. The van der Waals surface area contributed by atoms with Gasteiger partial charge in [-0.25, -0.2) is 8.78 Å². The molecule has 7 nitrogen and oxygen atoms in total. The number of hydrazone groups is 1. The number of aliphatic hydroxyl groups excluding tert-OH is 1. The van der Waals surface area contributed by atoms with Crippen molar-refractivity contribution in [1.29, 1.82) is 0 Å². The van der Waals surface area contributed by atoms with Gasteiger partial charge in [-0.15, -0.1) is 0 Å². The third-order valence-corrected chi connectivity index (χ3v) is 5.58. The van der Waals surface area contributed by atoms with E-state index in [-0.39, 0.29) is 34.2 Å². The maximum absolute atomic E-state index is 15.2. The van der Waals surface area contributed by atoms with Crippen LogP contribution in [0.15, 0.2) is 53.0 Å². The SMILES string of the molecule is C=C(C)c1cn(-c2c(F)cccc2Cl)c(=O)c2cc(F)c(N(C)/N=C(/CO)N(C=O)CC)cc12. The van der Waals surface area contributed by atoms with Gasteiger partial charge in [0.2, 0.25) is 6.41 Å². The zero-order chi connectivity index (χ0) is 25.2. The third-order valence-electron chi connectivity index (χ3n) is 5.28. The number of halogens is 3. The Balaban J connectivity index is 2.29. The summed E-state index contributed by atoms with van der Waals surface area (Å²) in [6.45, 7) is 7.04. The molecule has 1 amide bonds. The number of carbonyl (C=O) groups excluding carboxylic acids is 1. The summed E-state index contributed by atoms with van der Waals surface area (Å²) in [5, 5.41) is 15.3. The molecule has 0 aliphatic heterocycles. The van der Waals surface area contributed by atoms with Crippen molar-refractivity contribution in [2.75, 3.05) is 25.2 Å². The van der Waals surface area contributed by atoms with Gasteiger partial charge < -0.3 is 5.11 Å². The lowest BCUT2D eigenvalue weighted by Gasteiger charge is -2.21. The molecule has 1 heterocycles. The first-order valence-corrected chi connectivity index (χ1v) is 10.7. The Morgan fingerprint density at radius 2 is 1.97 bits per heavy atom. The summed E-state index contributed by atoms with van der Waals surface area (Å²) in [6, 6.07) is 6.49. The molecule has 34 heavy (non-hydrogen) atoms. The Hall–Kier alpha value is -3.56. The van der Waals surface area contributed by atoms with E-state index in [1.807, 2.05) is 0 Å². The van der Waals surface area contributed by atoms with Crippen LogP contribution >= 0.6 is 11.6 Å². The first kappa shape index (κ1) is 25.1. The number of aromatic nitrogens is 1. The van der Waals surface area contributed by atoms with E-state index < -0.39 is 23.8 Å². The normalized spacial score (nSPS) is 11.6. The summed E-state index contributed by atoms with van der Waals surface area (Å²) in [7, 11) is 1.44. The van der Waals surface area contributed by atoms with Crippen molar-refractivity contribution >= 4 is 45.9 Å². The number of likely N-dealkylation sites (N-methyl/N-ethyl adjacent to an activating group) is 1. The number of pyridine rings is 1. The average molecular weight is 489 g/mol. The molecule has 0 aliphatic rings. The number of para-hydroxylation sites is 1. The molecule has 1 aromatic heterocycles. The Morgan fingerprint density at radius 3 is 2.53 bits per heavy atom. The van der Waals surface area contributed by atoms with Gasteiger partial charge in [0.15, 0.2) is 5.84 Å². The van der Waals surface area contributed by atoms with Crippen LogP contribution in [0.4, 0.5) is 14.5 Å². The highest BCUT2D eigenvalue weighted by molar-refractivity contribution is 6.32. The van der Waals surface area contributed by atoms with E-state index in [2.05, 4.69) is 11.7 Å². The number of hydrogen-bond acceptors (Lipinski definition) is 5. The Bertz CT molecular complexity index is 1350. The van der Waals surface area contributed by atoms with Crippen molar-refractivity contribution in [2.24, 2.45) is 5.10 Å². The highest BCUT2D eigenvalue weighted by atomic mass is 35.5. The molecule has 0 radical (unpaired) electrons. The van der Waals surface area contributed by atoms with Gasteiger partial charge in [-0.2, -0.15) is 5.10 Å². The molecular weight excluding hydrogens is 466 g/mol. The van der Waals surface area contributed by atoms with Crippen LogP contribution in [0.5, 0.6) is 0 Å². The molecule has 0 unspecified atom stereocenters. The molecular formula is C24H23ClF2N4O3. The highest BCUT2D eigenvalue weighted by Crippen LogP contribution is 2.31. The van der Waals surface area contributed by atoms with E-state index in [4.69, 9.17) is 11.6 Å². The van der Waals surface area contributed by atoms with Gasteiger partial charge >= 0.3 is 0 Å². The lowest BCUT2D eigenvalue weighted by atomic mass is 10.0. The zero-order valence-corrected chi connectivity index (χ0v) is 19.6. The quantitative estimate of drug-likeness (QED) is 0.234. The van der Waals surface area contributed by atoms with Gasteiger partial charge in [0.25, 0.3) is 5.56 Å². The fourth-order valence-corrected chi connectivity index (χ4v) is 3.80. The third kappa shape index (κ3) is 4.57. The number of benzene rings is 2. The van der Waals surface area contributed by atoms with Crippen molar-refractivity contribution in [3.63, 3.8) is 0 Å². The number of fused-ring (bicyclic) bond motifs is 1. The topological polar surface area (TPSA) is 78.1 Å². The van der Waals surface area contributed by atoms with Gasteiger partial charge in [0, 0.05) is 25.4 Å². The van der Waals surface area contributed by atoms with Crippen LogP contribution in [0.3, 0.4) is 0 Å². The predicted molar refractivity (Wildman–Crippen MR) is 131 cm³/mol. The number of hydrogen-bond donors (Lipinski definition) is 1. The lowest BCUT2D eigenvalue weighted by Crippen LogP contribution is -2.34. The molecule has 3 rings (SSSR count). The number of amides is 1. The minimum absolute atomic E-state index is 0.0102. The van der Waals surface area contributed by atoms with E-state index in [9.17, 15) is 19.1 Å². The van der Waals surface area contributed by atoms with Crippen LogP contribution in [0.1, 0.15) is 19.4 Å². The van der Waals surface area contributed by atoms with E-state index in [1.165, 1.54) is 42.4 Å². The number of rotatable bonds is 7. The Labute approximate surface area is 199 Å². The molecule has 10 heteroatoms. The molecule has 2 aromatic carbocycles. The summed E-state index contributed by atoms with van der Waals surface area (Å²) in [5.41, 5.74) is 0.190. The summed E-state index contributed by atoms with van der Waals surface area (Å²) in [5.74, 6) is -1.48. The van der Waals surface area contributed by atoms with Gasteiger partial charge in [-0.3, -0.25) is 24.1 Å². The van der Waals surface area contributed by atoms with Gasteiger partial charge in [0.05, 0.1) is 16.1 Å². The Morgan fingerprint density at radius 1 is 1.26 bits per heavy atom. The predicted octanol–water partition coefficient (Wildman–Crippen LogP) is 4.18. The lowest BCUT2D eigenvalue weighted by molar-refractivity contribution is -0.114. The monoisotopic (exact) mass is 488 g/mol. The molecule has 178 valence electrons. The molecule has 0 atom stereocenters. The number of anilines is 1. The molecule has 3 aromatic rings. The van der Waals surface area contributed by atoms with Crippen LogP contribution in [-0.4, -0.2) is 47.0 Å². The van der Waals surface area contributed by atoms with Crippen molar-refractivity contribution in [3.8, 4) is 5.69 Å². The standard InChI is InChI=1S/C24H23ClF2N4O3/c1-5-30(13-33)22(12-32)28-29(4)21-10-15-16(9-20(21)27)24(34)31(11-17(15)14(2)3)23-18(25)7-6-8-19(23)26/h6-11,13,32H,2,5,12H2,1,3-4H3/b28-22-. The smallest absolute Gasteiger partial charge is 0.263 e. The minimum Gasteiger partial charge on any atom is -0.388 e. The van der Waals surface area contributed by atoms with Crippen molar-refractivity contribution in [2.45, 2.75) is 13.8 Å². The molecule has 0 spiro atoms. The van der Waals surface area contributed by atoms with Crippen LogP contribution in [0.25, 0.3) is 22.0 Å². The van der Waals surface area contributed by atoms with Crippen LogP contribution < -0.4 is 10.6 Å². The van der Waals surface area contributed by atoms with Crippen molar-refractivity contribution < 1.29 is 18.7 Å². The summed E-state index contributed by atoms with van der Waals surface area (Å²) < 4.78 is 30.8. The van der Waals surface area contributed by atoms with Crippen LogP contribution in [-0.2, 0) is 4.79 Å². The first-order valence-electron chi connectivity index (χ1n) is 10.3. The maximum Gasteiger partial charge on any atom is 0.263 e. The molecule has 1 N–H and O–H groups in total. The van der Waals surface area contributed by atoms with E-state index in [0.29, 0.717) is 22.9 Å². The highest BCUT2D eigenvalue weighted by Gasteiger charge is 2.19. The molecule has 0 fully saturated rings. The number of allylic oxidation sites excluding steroid dienone is 1.